The number of carbonyl (C=O) groups is 1. The quantitative estimate of drug-likeness (QED) is 0.663. The van der Waals surface area contributed by atoms with Gasteiger partial charge in [-0.15, -0.1) is 0 Å². The van der Waals surface area contributed by atoms with Crippen molar-refractivity contribution in [3.63, 3.8) is 0 Å². The van der Waals surface area contributed by atoms with Gasteiger partial charge in [0.1, 0.15) is 0 Å². The first-order valence-electron chi connectivity index (χ1n) is 5.97. The van der Waals surface area contributed by atoms with Gasteiger partial charge in [0.05, 0.1) is 5.69 Å². The molecule has 2 aliphatic carbocycles. The van der Waals surface area contributed by atoms with Crippen molar-refractivity contribution in [1.29, 1.82) is 0 Å². The average Bonchev–Trinajstić information content (AvgIpc) is 2.28. The minimum atomic E-state index is 0.265. The summed E-state index contributed by atoms with van der Waals surface area (Å²) < 4.78 is 0. The number of nitrogens with zero attached hydrogens (tertiary/aromatic N) is 1. The van der Waals surface area contributed by atoms with E-state index in [0.29, 0.717) is 6.42 Å². The lowest BCUT2D eigenvalue weighted by Gasteiger charge is -2.22. The minimum Gasteiger partial charge on any atom is -0.294 e. The standard InChI is InChI=1S/C14H15NO/c1-9-6-12-14(13(16)7-9)11-5-3-2-4-10(11)8-15-12/h6,8H,2-5,7H2,1H3. The van der Waals surface area contributed by atoms with Gasteiger partial charge in [0.25, 0.3) is 0 Å². The molecule has 16 heavy (non-hydrogen) atoms. The van der Waals surface area contributed by atoms with Gasteiger partial charge in [-0.25, -0.2) is 0 Å². The summed E-state index contributed by atoms with van der Waals surface area (Å²) in [5, 5.41) is 0. The molecule has 1 aromatic rings. The molecule has 82 valence electrons. The van der Waals surface area contributed by atoms with Crippen LogP contribution in [0.4, 0.5) is 0 Å². The van der Waals surface area contributed by atoms with Crippen LogP contribution in [0.5, 0.6) is 0 Å². The first-order valence-corrected chi connectivity index (χ1v) is 5.97. The third-order valence-electron chi connectivity index (χ3n) is 3.53. The summed E-state index contributed by atoms with van der Waals surface area (Å²) in [7, 11) is 0. The second-order valence-electron chi connectivity index (χ2n) is 4.82. The van der Waals surface area contributed by atoms with Gasteiger partial charge in [0.15, 0.2) is 5.78 Å². The zero-order valence-corrected chi connectivity index (χ0v) is 9.55. The first-order chi connectivity index (χ1) is 7.75. The highest BCUT2D eigenvalue weighted by atomic mass is 16.1. The number of rotatable bonds is 0. The van der Waals surface area contributed by atoms with Gasteiger partial charge in [-0.3, -0.25) is 9.78 Å². The van der Waals surface area contributed by atoms with Crippen molar-refractivity contribution in [3.8, 4) is 0 Å². The third-order valence-corrected chi connectivity index (χ3v) is 3.53. The van der Waals surface area contributed by atoms with Crippen LogP contribution < -0.4 is 0 Å². The molecule has 0 aromatic carbocycles. The SMILES string of the molecule is CC1=Cc2ncc3c(c2C(=O)C1)CCCC3. The molecular formula is C14H15NO. The van der Waals surface area contributed by atoms with E-state index in [-0.39, 0.29) is 5.78 Å². The number of hydrogen-bond donors (Lipinski definition) is 0. The van der Waals surface area contributed by atoms with Crippen molar-refractivity contribution in [2.75, 3.05) is 0 Å². The van der Waals surface area contributed by atoms with Gasteiger partial charge in [0.2, 0.25) is 0 Å². The van der Waals surface area contributed by atoms with Crippen molar-refractivity contribution >= 4 is 11.9 Å². The monoisotopic (exact) mass is 213 g/mol. The van der Waals surface area contributed by atoms with Gasteiger partial charge in [-0.05, 0) is 49.8 Å². The molecule has 0 N–H and O–H groups in total. The van der Waals surface area contributed by atoms with Crippen molar-refractivity contribution in [2.24, 2.45) is 0 Å². The topological polar surface area (TPSA) is 30.0 Å². The van der Waals surface area contributed by atoms with Gasteiger partial charge >= 0.3 is 0 Å². The minimum absolute atomic E-state index is 0.265. The number of allylic oxidation sites excluding steroid dienone is 1. The van der Waals surface area contributed by atoms with Gasteiger partial charge in [-0.1, -0.05) is 5.57 Å². The second kappa shape index (κ2) is 3.55. The van der Waals surface area contributed by atoms with Crippen LogP contribution in [0.3, 0.4) is 0 Å². The lowest BCUT2D eigenvalue weighted by atomic mass is 9.84. The van der Waals surface area contributed by atoms with Crippen LogP contribution in [-0.2, 0) is 12.8 Å². The molecule has 0 atom stereocenters. The Morgan fingerprint density at radius 1 is 1.25 bits per heavy atom. The highest BCUT2D eigenvalue weighted by Crippen LogP contribution is 2.31. The first kappa shape index (κ1) is 9.76. The number of Topliss-reactive ketones (excluding diaryl/α,β-unsaturated/α-hetero) is 1. The predicted molar refractivity (Wildman–Crippen MR) is 63.5 cm³/mol. The molecule has 2 heteroatoms. The number of ketones is 1. The number of fused-ring (bicyclic) bond motifs is 3. The maximum absolute atomic E-state index is 12.1. The van der Waals surface area contributed by atoms with Crippen LogP contribution in [0.15, 0.2) is 11.8 Å². The molecule has 0 radical (unpaired) electrons. The van der Waals surface area contributed by atoms with Gasteiger partial charge in [0, 0.05) is 18.2 Å². The summed E-state index contributed by atoms with van der Waals surface area (Å²) in [6, 6.07) is 0. The van der Waals surface area contributed by atoms with E-state index in [1.165, 1.54) is 24.0 Å². The fourth-order valence-corrected chi connectivity index (χ4v) is 2.77. The Balaban J connectivity index is 2.23. The smallest absolute Gasteiger partial charge is 0.169 e. The molecule has 1 heterocycles. The molecule has 2 nitrogen and oxygen atoms in total. The fourth-order valence-electron chi connectivity index (χ4n) is 2.77. The number of hydrogen-bond acceptors (Lipinski definition) is 2. The Morgan fingerprint density at radius 3 is 2.94 bits per heavy atom. The molecular weight excluding hydrogens is 198 g/mol. The Morgan fingerprint density at radius 2 is 2.06 bits per heavy atom. The third kappa shape index (κ3) is 1.41. The maximum Gasteiger partial charge on any atom is 0.169 e. The summed E-state index contributed by atoms with van der Waals surface area (Å²) in [4.78, 5) is 16.5. The molecule has 0 spiro atoms. The lowest BCUT2D eigenvalue weighted by molar-refractivity contribution is 0.0990. The van der Waals surface area contributed by atoms with E-state index in [1.807, 2.05) is 13.1 Å². The van der Waals surface area contributed by atoms with Crippen LogP contribution in [0, 0.1) is 0 Å². The van der Waals surface area contributed by atoms with Crippen molar-refractivity contribution < 1.29 is 4.79 Å². The number of pyridine rings is 1. The molecule has 0 fully saturated rings. The van der Waals surface area contributed by atoms with E-state index >= 15 is 0 Å². The Hall–Kier alpha value is -1.44. The molecule has 0 amide bonds. The summed E-state index contributed by atoms with van der Waals surface area (Å²) in [6.07, 6.45) is 9.19. The Bertz CT molecular complexity index is 500. The van der Waals surface area contributed by atoms with Gasteiger partial charge in [-0.2, -0.15) is 0 Å². The van der Waals surface area contributed by atoms with Crippen LogP contribution in [0.2, 0.25) is 0 Å². The van der Waals surface area contributed by atoms with E-state index in [4.69, 9.17) is 0 Å². The van der Waals surface area contributed by atoms with Crippen molar-refractivity contribution in [2.45, 2.75) is 39.0 Å². The van der Waals surface area contributed by atoms with Crippen LogP contribution in [0.25, 0.3) is 6.08 Å². The van der Waals surface area contributed by atoms with E-state index in [1.54, 1.807) is 0 Å². The van der Waals surface area contributed by atoms with Gasteiger partial charge < -0.3 is 0 Å². The van der Waals surface area contributed by atoms with Crippen LogP contribution >= 0.6 is 0 Å². The summed E-state index contributed by atoms with van der Waals surface area (Å²) >= 11 is 0. The molecule has 0 bridgehead atoms. The van der Waals surface area contributed by atoms with E-state index in [0.717, 1.165) is 29.7 Å². The average molecular weight is 213 g/mol. The summed E-state index contributed by atoms with van der Waals surface area (Å²) in [5.41, 5.74) is 5.52. The van der Waals surface area contributed by atoms with E-state index in [2.05, 4.69) is 11.1 Å². The summed E-state index contributed by atoms with van der Waals surface area (Å²) in [6.45, 7) is 2.00. The molecule has 3 rings (SSSR count). The van der Waals surface area contributed by atoms with Crippen LogP contribution in [-0.4, -0.2) is 10.8 Å². The molecule has 0 aliphatic heterocycles. The molecule has 0 saturated carbocycles. The zero-order valence-electron chi connectivity index (χ0n) is 9.55. The Kier molecular flexibility index (Phi) is 2.16. The normalized spacial score (nSPS) is 18.8. The fraction of sp³-hybridized carbons (Fsp3) is 0.429. The van der Waals surface area contributed by atoms with E-state index < -0.39 is 0 Å². The predicted octanol–water partition coefficient (Wildman–Crippen LogP) is 2.95. The van der Waals surface area contributed by atoms with Crippen molar-refractivity contribution in [1.82, 2.24) is 4.98 Å². The maximum atomic E-state index is 12.1. The number of carbonyl (C=O) groups excluding carboxylic acids is 1. The Labute approximate surface area is 95.4 Å². The molecule has 0 saturated heterocycles. The highest BCUT2D eigenvalue weighted by molar-refractivity contribution is 6.04. The second-order valence-corrected chi connectivity index (χ2v) is 4.82. The lowest BCUT2D eigenvalue weighted by Crippen LogP contribution is -2.16. The van der Waals surface area contributed by atoms with E-state index in [9.17, 15) is 4.79 Å². The van der Waals surface area contributed by atoms with Crippen molar-refractivity contribution in [3.05, 3.63) is 34.2 Å². The molecule has 2 aliphatic rings. The van der Waals surface area contributed by atoms with Crippen LogP contribution in [0.1, 0.15) is 53.4 Å². The molecule has 1 aromatic heterocycles. The highest BCUT2D eigenvalue weighted by Gasteiger charge is 2.24. The summed E-state index contributed by atoms with van der Waals surface area (Å²) in [5.74, 6) is 0.265. The zero-order chi connectivity index (χ0) is 11.1. The molecule has 0 unspecified atom stereocenters. The number of aromatic nitrogens is 1. The largest absolute Gasteiger partial charge is 0.294 e. The number of aryl methyl sites for hydroxylation is 1.